The Morgan fingerprint density at radius 1 is 0.946 bits per heavy atom. The average molecular weight is 520 g/mol. The van der Waals surface area contributed by atoms with E-state index in [2.05, 4.69) is 40.9 Å². The van der Waals surface area contributed by atoms with Crippen molar-refractivity contribution in [2.45, 2.75) is 56.8 Å². The van der Waals surface area contributed by atoms with Gasteiger partial charge in [0.25, 0.3) is 0 Å². The Morgan fingerprint density at radius 2 is 1.54 bits per heavy atom. The summed E-state index contributed by atoms with van der Waals surface area (Å²) in [6.07, 6.45) is 6.37. The highest BCUT2D eigenvalue weighted by Gasteiger charge is 2.29. The molecule has 0 saturated carbocycles. The van der Waals surface area contributed by atoms with Gasteiger partial charge in [-0.05, 0) is 19.8 Å². The van der Waals surface area contributed by atoms with Crippen molar-refractivity contribution in [1.82, 2.24) is 35.9 Å². The number of hydrogen-bond acceptors (Lipinski definition) is 8. The molecule has 0 aromatic carbocycles. The van der Waals surface area contributed by atoms with Gasteiger partial charge in [-0.3, -0.25) is 19.4 Å². The van der Waals surface area contributed by atoms with Crippen LogP contribution >= 0.6 is 0 Å². The number of carbonyl (C=O) groups is 4. The number of aromatic amines is 2. The number of rotatable bonds is 15. The fraction of sp³-hybridized carbons (Fsp3) is 0.476. The summed E-state index contributed by atoms with van der Waals surface area (Å²) in [6, 6.07) is -4.37. The van der Waals surface area contributed by atoms with Crippen LogP contribution in [0.3, 0.4) is 0 Å². The van der Waals surface area contributed by atoms with Crippen molar-refractivity contribution >= 4 is 29.7 Å². The van der Waals surface area contributed by atoms with E-state index in [1.807, 2.05) is 0 Å². The molecule has 16 nitrogen and oxygen atoms in total. The lowest BCUT2D eigenvalue weighted by molar-refractivity contribution is -0.142. The Bertz CT molecular complexity index is 1050. The third-order valence-electron chi connectivity index (χ3n) is 5.26. The van der Waals surface area contributed by atoms with Gasteiger partial charge in [-0.25, -0.2) is 14.8 Å². The summed E-state index contributed by atoms with van der Waals surface area (Å²) in [5.74, 6) is -3.35. The van der Waals surface area contributed by atoms with Crippen LogP contribution in [0.4, 0.5) is 0 Å². The third kappa shape index (κ3) is 9.96. The number of nitrogens with zero attached hydrogens (tertiary/aromatic N) is 3. The minimum absolute atomic E-state index is 0.0452. The van der Waals surface area contributed by atoms with Gasteiger partial charge in [0, 0.05) is 43.2 Å². The normalized spacial score (nSPS) is 14.0. The molecule has 0 bridgehead atoms. The van der Waals surface area contributed by atoms with Gasteiger partial charge in [-0.1, -0.05) is 0 Å². The number of carboxylic acid groups (broad SMARTS) is 1. The second-order valence-corrected chi connectivity index (χ2v) is 8.31. The van der Waals surface area contributed by atoms with Crippen LogP contribution in [0.25, 0.3) is 0 Å². The number of aliphatic imine (C=N–C) groups is 1. The number of nitrogens with one attached hydrogen (secondary N) is 5. The van der Waals surface area contributed by atoms with Crippen molar-refractivity contribution in [2.24, 2.45) is 22.2 Å². The molecule has 2 heterocycles. The van der Waals surface area contributed by atoms with Crippen LogP contribution in [0.2, 0.25) is 0 Å². The van der Waals surface area contributed by atoms with E-state index >= 15 is 0 Å². The lowest BCUT2D eigenvalue weighted by Gasteiger charge is -2.23. The highest BCUT2D eigenvalue weighted by atomic mass is 16.4. The summed E-state index contributed by atoms with van der Waals surface area (Å²) in [5.41, 5.74) is 17.7. The van der Waals surface area contributed by atoms with Crippen LogP contribution in [0.5, 0.6) is 0 Å². The molecule has 0 aliphatic carbocycles. The molecule has 202 valence electrons. The van der Waals surface area contributed by atoms with Crippen LogP contribution in [0, 0.1) is 0 Å². The molecule has 16 heteroatoms. The first kappa shape index (κ1) is 28.8. The van der Waals surface area contributed by atoms with E-state index in [1.165, 1.54) is 32.0 Å². The first-order valence-corrected chi connectivity index (χ1v) is 11.5. The molecule has 0 spiro atoms. The zero-order chi connectivity index (χ0) is 27.4. The fourth-order valence-corrected chi connectivity index (χ4v) is 3.27. The highest BCUT2D eigenvalue weighted by Crippen LogP contribution is 2.04. The summed E-state index contributed by atoms with van der Waals surface area (Å²) in [6.45, 7) is 1.62. The first-order chi connectivity index (χ1) is 17.6. The van der Waals surface area contributed by atoms with Gasteiger partial charge in [-0.15, -0.1) is 0 Å². The number of carbonyl (C=O) groups excluding carboxylic acids is 3. The SMILES string of the molecule is CC(NC(=O)C(N)Cc1cnc[nH]1)C(=O)NC(CCCN=C(N)N)C(=O)NC(Cc1cnc[nH]1)C(=O)O. The van der Waals surface area contributed by atoms with Crippen molar-refractivity contribution in [1.29, 1.82) is 0 Å². The number of nitrogens with two attached hydrogens (primary N) is 3. The number of carboxylic acids is 1. The molecule has 3 amide bonds. The molecule has 0 aliphatic heterocycles. The molecule has 0 radical (unpaired) electrons. The van der Waals surface area contributed by atoms with Crippen LogP contribution in [-0.2, 0) is 32.0 Å². The van der Waals surface area contributed by atoms with Crippen LogP contribution in [0.1, 0.15) is 31.2 Å². The second-order valence-electron chi connectivity index (χ2n) is 8.31. The van der Waals surface area contributed by atoms with Gasteiger partial charge in [-0.2, -0.15) is 0 Å². The standard InChI is InChI=1S/C21H33N11O5/c1-11(30-18(34)14(22)5-12-7-25-9-28-12)17(33)31-15(3-2-4-27-21(23)24)19(35)32-16(20(36)37)6-13-8-26-10-29-13/h7-11,14-16H,2-6,22H2,1H3,(H,25,28)(H,26,29)(H,30,34)(H,31,33)(H,32,35)(H,36,37)(H4,23,24,27). The lowest BCUT2D eigenvalue weighted by Crippen LogP contribution is -2.56. The number of aromatic nitrogens is 4. The Kier molecular flexibility index (Phi) is 11.0. The molecule has 4 unspecified atom stereocenters. The third-order valence-corrected chi connectivity index (χ3v) is 5.26. The second kappa shape index (κ2) is 14.2. The molecule has 0 aliphatic rings. The average Bonchev–Trinajstić information content (AvgIpc) is 3.54. The minimum atomic E-state index is -1.28. The van der Waals surface area contributed by atoms with E-state index in [0.717, 1.165) is 0 Å². The molecule has 4 atom stereocenters. The largest absolute Gasteiger partial charge is 0.480 e. The Labute approximate surface area is 212 Å². The zero-order valence-corrected chi connectivity index (χ0v) is 20.3. The highest BCUT2D eigenvalue weighted by molar-refractivity contribution is 5.94. The molecule has 0 fully saturated rings. The van der Waals surface area contributed by atoms with E-state index in [-0.39, 0.29) is 31.8 Å². The maximum atomic E-state index is 13.0. The summed E-state index contributed by atoms with van der Waals surface area (Å²) in [7, 11) is 0. The quantitative estimate of drug-likeness (QED) is 0.0647. The molecule has 0 saturated heterocycles. The lowest BCUT2D eigenvalue weighted by atomic mass is 10.1. The van der Waals surface area contributed by atoms with Crippen LogP contribution < -0.4 is 33.2 Å². The predicted octanol–water partition coefficient (Wildman–Crippen LogP) is -3.14. The van der Waals surface area contributed by atoms with Gasteiger partial charge in [0.2, 0.25) is 17.7 Å². The zero-order valence-electron chi connectivity index (χ0n) is 20.3. The molecular weight excluding hydrogens is 486 g/mol. The molecular formula is C21H33N11O5. The minimum Gasteiger partial charge on any atom is -0.480 e. The Hall–Kier alpha value is -4.47. The van der Waals surface area contributed by atoms with E-state index in [1.54, 1.807) is 0 Å². The van der Waals surface area contributed by atoms with E-state index in [0.29, 0.717) is 17.8 Å². The van der Waals surface area contributed by atoms with Crippen molar-refractivity contribution in [2.75, 3.05) is 6.54 Å². The number of imidazole rings is 2. The van der Waals surface area contributed by atoms with E-state index in [9.17, 15) is 24.3 Å². The molecule has 37 heavy (non-hydrogen) atoms. The maximum absolute atomic E-state index is 13.0. The molecule has 2 aromatic heterocycles. The Morgan fingerprint density at radius 3 is 2.08 bits per heavy atom. The van der Waals surface area contributed by atoms with Gasteiger partial charge in [0.05, 0.1) is 18.7 Å². The van der Waals surface area contributed by atoms with E-state index in [4.69, 9.17) is 17.2 Å². The molecule has 12 N–H and O–H groups in total. The molecule has 2 aromatic rings. The predicted molar refractivity (Wildman–Crippen MR) is 132 cm³/mol. The van der Waals surface area contributed by atoms with E-state index < -0.39 is 47.9 Å². The van der Waals surface area contributed by atoms with Crippen molar-refractivity contribution in [3.63, 3.8) is 0 Å². The Balaban J connectivity index is 2.01. The number of aliphatic carboxylic acids is 1. The van der Waals surface area contributed by atoms with Gasteiger partial charge in [0.15, 0.2) is 5.96 Å². The summed E-state index contributed by atoms with van der Waals surface area (Å²) in [5, 5.41) is 17.0. The topological polar surface area (TPSA) is 272 Å². The molecule has 2 rings (SSSR count). The summed E-state index contributed by atoms with van der Waals surface area (Å²) >= 11 is 0. The van der Waals surface area contributed by atoms with Crippen molar-refractivity contribution in [3.8, 4) is 0 Å². The monoisotopic (exact) mass is 519 g/mol. The smallest absolute Gasteiger partial charge is 0.326 e. The number of hydrogen-bond donors (Lipinski definition) is 9. The number of guanidine groups is 1. The van der Waals surface area contributed by atoms with Gasteiger partial charge >= 0.3 is 5.97 Å². The maximum Gasteiger partial charge on any atom is 0.326 e. The van der Waals surface area contributed by atoms with Crippen LogP contribution in [0.15, 0.2) is 30.0 Å². The number of H-pyrrole nitrogens is 2. The van der Waals surface area contributed by atoms with Gasteiger partial charge < -0.3 is 48.2 Å². The summed E-state index contributed by atoms with van der Waals surface area (Å²) < 4.78 is 0. The summed E-state index contributed by atoms with van der Waals surface area (Å²) in [4.78, 5) is 67.0. The van der Waals surface area contributed by atoms with Crippen molar-refractivity contribution < 1.29 is 24.3 Å². The van der Waals surface area contributed by atoms with Crippen LogP contribution in [-0.4, -0.2) is 85.4 Å². The fourth-order valence-electron chi connectivity index (χ4n) is 3.27. The van der Waals surface area contributed by atoms with Crippen molar-refractivity contribution in [3.05, 3.63) is 36.4 Å². The first-order valence-electron chi connectivity index (χ1n) is 11.5. The number of amides is 3. The van der Waals surface area contributed by atoms with Gasteiger partial charge in [0.1, 0.15) is 18.1 Å².